The van der Waals surface area contributed by atoms with E-state index >= 15 is 8.63 Å². The topological polar surface area (TPSA) is 46.7 Å². The third-order valence-electron chi connectivity index (χ3n) is 11.0. The fourth-order valence-corrected chi connectivity index (χ4v) is 8.31. The molecule has 2 aliphatic heterocycles. The number of ether oxygens (including phenoxy) is 2. The smallest absolute Gasteiger partial charge is 0.494 e. The summed E-state index contributed by atoms with van der Waals surface area (Å²) in [5.74, 6) is 1.68. The lowest BCUT2D eigenvalue weighted by Gasteiger charge is -2.32. The Bertz CT molecular complexity index is 2020. The summed E-state index contributed by atoms with van der Waals surface area (Å²) in [5.41, 5.74) is 8.73. The van der Waals surface area contributed by atoms with Crippen LogP contribution in [0.1, 0.15) is 103 Å². The zero-order chi connectivity index (χ0) is 38.6. The van der Waals surface area contributed by atoms with E-state index in [1.54, 1.807) is 20.8 Å². The van der Waals surface area contributed by atoms with Crippen LogP contribution in [-0.2, 0) is 4.79 Å². The molecular weight excluding hydrogens is 679 g/mol. The van der Waals surface area contributed by atoms with Crippen LogP contribution < -0.4 is 14.4 Å². The summed E-state index contributed by atoms with van der Waals surface area (Å²) in [5, 5.41) is 0. The van der Waals surface area contributed by atoms with E-state index in [0.29, 0.717) is 53.4 Å². The average Bonchev–Trinajstić information content (AvgIpc) is 3.60. The highest BCUT2D eigenvalue weighted by Crippen LogP contribution is 2.46. The van der Waals surface area contributed by atoms with Crippen molar-refractivity contribution in [3.05, 3.63) is 107 Å². The minimum atomic E-state index is -4.23. The molecule has 0 N–H and O–H groups in total. The molecule has 0 aliphatic carbocycles. The number of halogens is 2. The van der Waals surface area contributed by atoms with Crippen molar-refractivity contribution in [1.82, 2.24) is 4.48 Å². The maximum atomic E-state index is 16.6. The number of aromatic nitrogens is 1. The van der Waals surface area contributed by atoms with Crippen molar-refractivity contribution < 1.29 is 27.4 Å². The van der Waals surface area contributed by atoms with Crippen LogP contribution in [0, 0.1) is 13.8 Å². The summed E-state index contributed by atoms with van der Waals surface area (Å²) in [6.07, 6.45) is 9.91. The quantitative estimate of drug-likeness (QED) is 0.0616. The zero-order valence-electron chi connectivity index (χ0n) is 33.0. The van der Waals surface area contributed by atoms with E-state index in [4.69, 9.17) is 9.47 Å². The number of nitrogens with zero attached hydrogens (tertiary/aromatic N) is 3. The van der Waals surface area contributed by atoms with Gasteiger partial charge in [0.05, 0.1) is 18.8 Å². The lowest BCUT2D eigenvalue weighted by Crippen LogP contribution is -2.51. The van der Waals surface area contributed by atoms with Crippen molar-refractivity contribution in [2.75, 3.05) is 18.1 Å². The number of carbonyl (C=O) groups is 1. The second-order valence-electron chi connectivity index (χ2n) is 14.7. The fourth-order valence-electron chi connectivity index (χ4n) is 8.31. The van der Waals surface area contributed by atoms with Gasteiger partial charge in [-0.2, -0.15) is 0 Å². The first-order valence-electron chi connectivity index (χ1n) is 19.7. The van der Waals surface area contributed by atoms with Crippen molar-refractivity contribution in [3.63, 3.8) is 0 Å². The van der Waals surface area contributed by atoms with Gasteiger partial charge in [0, 0.05) is 46.4 Å². The van der Waals surface area contributed by atoms with Crippen molar-refractivity contribution >= 4 is 41.6 Å². The standard InChI is InChI=1S/C45H54BF2N3O3/c1-8-10-12-14-28-53-40-24-20-38(21-25-40)49(39-22-26-41(27-23-39)54-29-15-13-11-9-2)37-18-16-36(17-19-37)43-32(4)45-33(5)44-31(3)42(30-52)34(6)50(44)46(47,48)51(45)35(43)7/h16-27,30H,8-15,28-29H2,1-7H3. The molecule has 0 atom stereocenters. The van der Waals surface area contributed by atoms with Crippen LogP contribution >= 0.6 is 0 Å². The Morgan fingerprint density at radius 1 is 0.685 bits per heavy atom. The molecule has 6 rings (SSSR count). The molecule has 9 heteroatoms. The van der Waals surface area contributed by atoms with Crippen LogP contribution in [0.3, 0.4) is 0 Å². The Balaban J connectivity index is 1.34. The van der Waals surface area contributed by atoms with Crippen LogP contribution in [-0.4, -0.2) is 41.1 Å². The molecule has 4 aromatic rings. The third-order valence-corrected chi connectivity index (χ3v) is 11.0. The molecule has 54 heavy (non-hydrogen) atoms. The Morgan fingerprint density at radius 3 is 1.63 bits per heavy atom. The normalized spacial score (nSPS) is 14.8. The van der Waals surface area contributed by atoms with Crippen LogP contribution in [0.5, 0.6) is 11.5 Å². The molecule has 0 spiro atoms. The van der Waals surface area contributed by atoms with Crippen LogP contribution in [0.2, 0.25) is 0 Å². The van der Waals surface area contributed by atoms with E-state index in [1.165, 1.54) is 43.0 Å². The summed E-state index contributed by atoms with van der Waals surface area (Å²) < 4.78 is 47.6. The molecule has 1 aromatic heterocycles. The van der Waals surface area contributed by atoms with Gasteiger partial charge >= 0.3 is 6.97 Å². The van der Waals surface area contributed by atoms with E-state index in [-0.39, 0.29) is 0 Å². The minimum Gasteiger partial charge on any atom is -0.494 e. The van der Waals surface area contributed by atoms with E-state index in [2.05, 4.69) is 55.1 Å². The number of carbonyl (C=O) groups excluding carboxylic acids is 1. The van der Waals surface area contributed by atoms with Crippen molar-refractivity contribution in [3.8, 4) is 22.6 Å². The second-order valence-corrected chi connectivity index (χ2v) is 14.7. The number of rotatable bonds is 17. The molecule has 0 radical (unpaired) electrons. The van der Waals surface area contributed by atoms with Crippen LogP contribution in [0.15, 0.2) is 89.6 Å². The highest BCUT2D eigenvalue weighted by molar-refractivity contribution is 6.58. The number of fused-ring (bicyclic) bond motifs is 2. The van der Waals surface area contributed by atoms with E-state index in [9.17, 15) is 4.79 Å². The predicted molar refractivity (Wildman–Crippen MR) is 219 cm³/mol. The van der Waals surface area contributed by atoms with E-state index in [0.717, 1.165) is 68.2 Å². The first kappa shape index (κ1) is 38.8. The Labute approximate surface area is 319 Å². The molecule has 6 nitrogen and oxygen atoms in total. The number of unbranched alkanes of at least 4 members (excludes halogenated alkanes) is 6. The number of hydrogen-bond donors (Lipinski definition) is 0. The molecule has 3 heterocycles. The van der Waals surface area contributed by atoms with Gasteiger partial charge in [-0.15, -0.1) is 0 Å². The Hall–Kier alpha value is -4.92. The van der Waals surface area contributed by atoms with Crippen molar-refractivity contribution in [2.24, 2.45) is 0 Å². The number of hydrogen-bond acceptors (Lipinski definition) is 4. The molecule has 284 valence electrons. The molecule has 0 unspecified atom stereocenters. The van der Waals surface area contributed by atoms with Gasteiger partial charge < -0.3 is 32.0 Å². The van der Waals surface area contributed by atoms with Crippen molar-refractivity contribution in [1.29, 1.82) is 0 Å². The van der Waals surface area contributed by atoms with Gasteiger partial charge in [0.15, 0.2) is 12.0 Å². The summed E-state index contributed by atoms with van der Waals surface area (Å²) >= 11 is 0. The largest absolute Gasteiger partial charge is 0.737 e. The monoisotopic (exact) mass is 733 g/mol. The number of anilines is 3. The van der Waals surface area contributed by atoms with Gasteiger partial charge in [0.25, 0.3) is 0 Å². The molecule has 0 amide bonds. The van der Waals surface area contributed by atoms with Crippen LogP contribution in [0.25, 0.3) is 16.7 Å². The summed E-state index contributed by atoms with van der Waals surface area (Å²) in [6.45, 7) is 10.5. The number of aldehydes is 1. The zero-order valence-corrected chi connectivity index (χ0v) is 33.0. The minimum absolute atomic E-state index is 0.294. The maximum Gasteiger partial charge on any atom is 0.737 e. The predicted octanol–water partition coefficient (Wildman–Crippen LogP) is 12.1. The maximum absolute atomic E-state index is 16.6. The molecule has 0 fully saturated rings. The lowest BCUT2D eigenvalue weighted by atomic mass is 9.86. The first-order valence-corrected chi connectivity index (χ1v) is 19.7. The Morgan fingerprint density at radius 2 is 1.17 bits per heavy atom. The van der Waals surface area contributed by atoms with Gasteiger partial charge in [0.2, 0.25) is 0 Å². The van der Waals surface area contributed by atoms with Gasteiger partial charge in [-0.25, -0.2) is 0 Å². The lowest BCUT2D eigenvalue weighted by molar-refractivity contribution is -0.363. The third kappa shape index (κ3) is 7.29. The number of benzene rings is 3. The molecule has 0 saturated carbocycles. The highest BCUT2D eigenvalue weighted by Gasteiger charge is 2.56. The molecule has 3 aromatic carbocycles. The first-order chi connectivity index (χ1) is 26.0. The number of allylic oxidation sites excluding steroid dienone is 3. The molecule has 2 aliphatic rings. The average molecular weight is 734 g/mol. The summed E-state index contributed by atoms with van der Waals surface area (Å²) in [6, 6.07) is 24.5. The van der Waals surface area contributed by atoms with Gasteiger partial charge in [-0.3, -0.25) is 4.79 Å². The molecule has 0 saturated heterocycles. The van der Waals surface area contributed by atoms with E-state index in [1.807, 2.05) is 50.2 Å². The van der Waals surface area contributed by atoms with Crippen LogP contribution in [0.4, 0.5) is 25.7 Å². The fraction of sp³-hybridized carbons (Fsp3) is 0.378. The highest BCUT2D eigenvalue weighted by atomic mass is 19.2. The summed E-state index contributed by atoms with van der Waals surface area (Å²) in [7, 11) is 0. The molecular formula is C45H54BF2N3O3. The molecule has 0 bridgehead atoms. The summed E-state index contributed by atoms with van der Waals surface area (Å²) in [4.78, 5) is 14.1. The van der Waals surface area contributed by atoms with Crippen molar-refractivity contribution in [2.45, 2.75) is 99.8 Å². The Kier molecular flexibility index (Phi) is 11.9. The SMILES string of the molecule is CCCCCCOc1ccc(N(c2ccc(OCCCCCC)cc2)c2ccc(-c3c(C)c4n(c3C)[B-](F)(F)[N+]3=C(C)C(C=O)=C(C)C3=C4C)cc2)cc1. The van der Waals surface area contributed by atoms with E-state index < -0.39 is 6.97 Å². The van der Waals surface area contributed by atoms with Gasteiger partial charge in [0.1, 0.15) is 17.2 Å². The van der Waals surface area contributed by atoms with Gasteiger partial charge in [-0.05, 0) is 118 Å². The van der Waals surface area contributed by atoms with Gasteiger partial charge in [-0.1, -0.05) is 64.5 Å². The second kappa shape index (κ2) is 16.6.